The summed E-state index contributed by atoms with van der Waals surface area (Å²) in [5.41, 5.74) is 0.262. The van der Waals surface area contributed by atoms with Gasteiger partial charge in [0.2, 0.25) is 5.91 Å². The van der Waals surface area contributed by atoms with Crippen LogP contribution in [0.5, 0.6) is 0 Å². The van der Waals surface area contributed by atoms with Crippen molar-refractivity contribution in [3.63, 3.8) is 0 Å². The number of nitrogens with zero attached hydrogens (tertiary/aromatic N) is 5. The summed E-state index contributed by atoms with van der Waals surface area (Å²) in [6.07, 6.45) is 9.53. The van der Waals surface area contributed by atoms with Gasteiger partial charge < -0.3 is 24.4 Å². The summed E-state index contributed by atoms with van der Waals surface area (Å²) >= 11 is 0. The summed E-state index contributed by atoms with van der Waals surface area (Å²) in [4.78, 5) is 44.5. The van der Waals surface area contributed by atoms with Crippen molar-refractivity contribution in [2.24, 2.45) is 11.8 Å². The maximum atomic E-state index is 14.3. The molecule has 6 rings (SSSR count). The van der Waals surface area contributed by atoms with Gasteiger partial charge in [0.25, 0.3) is 5.91 Å². The number of aliphatic hydroxyl groups excluding tert-OH is 1. The quantitative estimate of drug-likeness (QED) is 0.310. The maximum absolute atomic E-state index is 14.3. The van der Waals surface area contributed by atoms with E-state index in [2.05, 4.69) is 10.3 Å². The summed E-state index contributed by atoms with van der Waals surface area (Å²) in [6.45, 7) is 1.08. The zero-order valence-electron chi connectivity index (χ0n) is 21.0. The van der Waals surface area contributed by atoms with Crippen molar-refractivity contribution in [2.45, 2.75) is 50.1 Å². The Kier molecular flexibility index (Phi) is 6.48. The predicted octanol–water partition coefficient (Wildman–Crippen LogP) is 1.03. The number of benzene rings is 1. The number of carbonyl (C=O) groups is 3. The van der Waals surface area contributed by atoms with Gasteiger partial charge in [0.05, 0.1) is 17.5 Å². The number of hydrogen-bond donors (Lipinski definition) is 1. The lowest BCUT2D eigenvalue weighted by molar-refractivity contribution is -0.153. The molecule has 4 aliphatic rings. The lowest BCUT2D eigenvalue weighted by Crippen LogP contribution is -2.55. The van der Waals surface area contributed by atoms with Crippen LogP contribution in [0, 0.1) is 11.8 Å². The zero-order valence-corrected chi connectivity index (χ0v) is 21.0. The second-order valence-corrected chi connectivity index (χ2v) is 10.3. The molecule has 1 spiro atoms. The minimum atomic E-state index is -1.27. The number of esters is 1. The number of fused-ring (bicyclic) bond motifs is 3. The van der Waals surface area contributed by atoms with Crippen LogP contribution < -0.4 is 0 Å². The standard InChI is InChI=1S/C27H31N5O6/c33-15-6-2-1-5-14-31-23-25(35)30(17-32-19-10-4-3-9-18(19)28-29-32)13-8-12-27(23)22(24(31)34)21-20(38-27)11-7-16-37-26(21)36/h3-4,7-12,20-23,33H,1-2,5-6,13-17H2/t20-,21+,22+,23-,27?/m1/s1. The number of hydrogen-bond acceptors (Lipinski definition) is 8. The molecule has 2 fully saturated rings. The third-order valence-corrected chi connectivity index (χ3v) is 8.03. The molecule has 5 atom stereocenters. The number of rotatable bonds is 8. The summed E-state index contributed by atoms with van der Waals surface area (Å²) in [5, 5.41) is 17.5. The number of cyclic esters (lactones) is 1. The molecule has 0 saturated carbocycles. The smallest absolute Gasteiger partial charge is 0.313 e. The first kappa shape index (κ1) is 24.7. The highest BCUT2D eigenvalue weighted by molar-refractivity contribution is 5.99. The van der Waals surface area contributed by atoms with Gasteiger partial charge in [0.15, 0.2) is 0 Å². The number of carbonyl (C=O) groups excluding carboxylic acids is 3. The summed E-state index contributed by atoms with van der Waals surface area (Å²) < 4.78 is 13.6. The number of amides is 2. The highest BCUT2D eigenvalue weighted by Crippen LogP contribution is 2.53. The molecular weight excluding hydrogens is 490 g/mol. The molecule has 1 aromatic carbocycles. The van der Waals surface area contributed by atoms with E-state index in [-0.39, 0.29) is 31.7 Å². The lowest BCUT2D eigenvalue weighted by atomic mass is 9.78. The topological polar surface area (TPSA) is 127 Å². The van der Waals surface area contributed by atoms with Crippen molar-refractivity contribution in [3.8, 4) is 0 Å². The van der Waals surface area contributed by atoms with Gasteiger partial charge in [-0.2, -0.15) is 0 Å². The Balaban J connectivity index is 1.34. The Morgan fingerprint density at radius 1 is 1.05 bits per heavy atom. The summed E-state index contributed by atoms with van der Waals surface area (Å²) in [5.74, 6) is -2.66. The molecule has 2 amide bonds. The van der Waals surface area contributed by atoms with Crippen molar-refractivity contribution in [1.29, 1.82) is 0 Å². The molecule has 0 aliphatic carbocycles. The number of likely N-dealkylation sites (tertiary alicyclic amines) is 1. The Labute approximate surface area is 219 Å². The minimum Gasteiger partial charge on any atom is -0.461 e. The van der Waals surface area contributed by atoms with Gasteiger partial charge in [-0.15, -0.1) is 5.10 Å². The molecule has 38 heavy (non-hydrogen) atoms. The van der Waals surface area contributed by atoms with Gasteiger partial charge in [-0.25, -0.2) is 4.68 Å². The average molecular weight is 522 g/mol. The van der Waals surface area contributed by atoms with Gasteiger partial charge in [-0.1, -0.05) is 48.4 Å². The molecule has 0 radical (unpaired) electrons. The van der Waals surface area contributed by atoms with Crippen molar-refractivity contribution >= 4 is 28.8 Å². The molecule has 1 aromatic heterocycles. The fraction of sp³-hybridized carbons (Fsp3) is 0.519. The molecule has 11 nitrogen and oxygen atoms in total. The molecule has 1 unspecified atom stereocenters. The van der Waals surface area contributed by atoms with E-state index < -0.39 is 35.6 Å². The van der Waals surface area contributed by atoms with Crippen LogP contribution in [-0.4, -0.2) is 91.7 Å². The monoisotopic (exact) mass is 521 g/mol. The van der Waals surface area contributed by atoms with Gasteiger partial charge in [0.1, 0.15) is 36.4 Å². The van der Waals surface area contributed by atoms with Gasteiger partial charge >= 0.3 is 5.97 Å². The van der Waals surface area contributed by atoms with E-state index in [9.17, 15) is 14.4 Å². The third kappa shape index (κ3) is 3.92. The Morgan fingerprint density at radius 2 is 1.89 bits per heavy atom. The van der Waals surface area contributed by atoms with E-state index in [0.29, 0.717) is 25.9 Å². The second-order valence-electron chi connectivity index (χ2n) is 10.3. The molecule has 11 heteroatoms. The molecule has 5 heterocycles. The van der Waals surface area contributed by atoms with E-state index in [4.69, 9.17) is 14.6 Å². The van der Waals surface area contributed by atoms with Crippen molar-refractivity contribution in [1.82, 2.24) is 24.8 Å². The second kappa shape index (κ2) is 9.95. The molecular formula is C27H31N5O6. The van der Waals surface area contributed by atoms with Crippen LogP contribution in [0.3, 0.4) is 0 Å². The fourth-order valence-electron chi connectivity index (χ4n) is 6.31. The Morgan fingerprint density at radius 3 is 2.76 bits per heavy atom. The van der Waals surface area contributed by atoms with Gasteiger partial charge in [-0.3, -0.25) is 14.4 Å². The highest BCUT2D eigenvalue weighted by atomic mass is 16.6. The number of aromatic nitrogens is 3. The Hall–Kier alpha value is -3.57. The first-order chi connectivity index (χ1) is 18.5. The summed E-state index contributed by atoms with van der Waals surface area (Å²) in [7, 11) is 0. The van der Waals surface area contributed by atoms with Crippen molar-refractivity contribution in [2.75, 3.05) is 26.3 Å². The summed E-state index contributed by atoms with van der Waals surface area (Å²) in [6, 6.07) is 6.61. The van der Waals surface area contributed by atoms with Gasteiger partial charge in [0, 0.05) is 19.7 Å². The van der Waals surface area contributed by atoms with Crippen LogP contribution in [0.1, 0.15) is 25.7 Å². The maximum Gasteiger partial charge on any atom is 0.313 e. The van der Waals surface area contributed by atoms with Crippen LogP contribution in [0.15, 0.2) is 48.6 Å². The molecule has 2 aromatic rings. The zero-order chi connectivity index (χ0) is 26.3. The number of ether oxygens (including phenoxy) is 2. The lowest BCUT2D eigenvalue weighted by Gasteiger charge is -2.35. The van der Waals surface area contributed by atoms with E-state index in [0.717, 1.165) is 23.9 Å². The highest BCUT2D eigenvalue weighted by Gasteiger charge is 2.71. The minimum absolute atomic E-state index is 0.123. The van der Waals surface area contributed by atoms with Crippen LogP contribution in [0.2, 0.25) is 0 Å². The number of para-hydroxylation sites is 1. The Bertz CT molecular complexity index is 1310. The average Bonchev–Trinajstić information content (AvgIpc) is 3.46. The van der Waals surface area contributed by atoms with Crippen molar-refractivity contribution < 1.29 is 29.0 Å². The first-order valence-corrected chi connectivity index (χ1v) is 13.2. The number of aliphatic hydroxyl groups is 1. The van der Waals surface area contributed by atoms with Crippen LogP contribution in [0.25, 0.3) is 11.0 Å². The van der Waals surface area contributed by atoms with Crippen LogP contribution in [-0.2, 0) is 30.5 Å². The molecule has 2 saturated heterocycles. The van der Waals surface area contributed by atoms with E-state index in [1.165, 1.54) is 0 Å². The predicted molar refractivity (Wildman–Crippen MR) is 134 cm³/mol. The normalized spacial score (nSPS) is 30.3. The van der Waals surface area contributed by atoms with E-state index in [1.54, 1.807) is 26.6 Å². The largest absolute Gasteiger partial charge is 0.461 e. The molecule has 1 N–H and O–H groups in total. The third-order valence-electron chi connectivity index (χ3n) is 8.03. The molecule has 200 valence electrons. The van der Waals surface area contributed by atoms with Gasteiger partial charge in [-0.05, 0) is 31.1 Å². The van der Waals surface area contributed by atoms with Crippen LogP contribution >= 0.6 is 0 Å². The number of unbranched alkanes of at least 4 members (excludes halogenated alkanes) is 3. The van der Waals surface area contributed by atoms with Crippen LogP contribution in [0.4, 0.5) is 0 Å². The van der Waals surface area contributed by atoms with Crippen molar-refractivity contribution in [3.05, 3.63) is 48.6 Å². The first-order valence-electron chi connectivity index (χ1n) is 13.2. The SMILES string of the molecule is O=C1OCC=C[C@H]2OC34C=CCN(Cn5nnc6ccccc65)C(=O)[C@H]3N(CCCCCCO)C(=O)[C@@H]4[C@@H]12. The van der Waals surface area contributed by atoms with E-state index in [1.807, 2.05) is 36.4 Å². The molecule has 4 aliphatic heterocycles. The fourth-order valence-corrected chi connectivity index (χ4v) is 6.31. The molecule has 0 bridgehead atoms. The van der Waals surface area contributed by atoms with E-state index >= 15 is 0 Å².